The summed E-state index contributed by atoms with van der Waals surface area (Å²) < 4.78 is 25.6. The number of nitrogen functional groups attached to an aromatic ring is 1. The van der Waals surface area contributed by atoms with Gasteiger partial charge in [0.15, 0.2) is 17.5 Å². The molecule has 0 fully saturated rings. The standard InChI is InChI=1S/C9H6F2N4/c10-6-2-1-5(3-7(6)11)8-9(12)13-4-14-15-8/h1-4H,(H2,12,13,14). The molecule has 2 aromatic rings. The molecule has 1 heterocycles. The lowest BCUT2D eigenvalue weighted by Crippen LogP contribution is -1.99. The van der Waals surface area contributed by atoms with Crippen LogP contribution in [0.4, 0.5) is 14.6 Å². The Morgan fingerprint density at radius 2 is 1.93 bits per heavy atom. The van der Waals surface area contributed by atoms with Crippen molar-refractivity contribution in [3.63, 3.8) is 0 Å². The Morgan fingerprint density at radius 1 is 1.13 bits per heavy atom. The molecule has 2 rings (SSSR count). The van der Waals surface area contributed by atoms with Crippen molar-refractivity contribution in [2.45, 2.75) is 0 Å². The molecule has 4 nitrogen and oxygen atoms in total. The quantitative estimate of drug-likeness (QED) is 0.769. The fourth-order valence-electron chi connectivity index (χ4n) is 1.13. The summed E-state index contributed by atoms with van der Waals surface area (Å²) >= 11 is 0. The first-order valence-corrected chi connectivity index (χ1v) is 4.07. The average molecular weight is 208 g/mol. The minimum Gasteiger partial charge on any atom is -0.382 e. The van der Waals surface area contributed by atoms with Gasteiger partial charge in [-0.25, -0.2) is 13.8 Å². The molecular weight excluding hydrogens is 202 g/mol. The predicted molar refractivity (Wildman–Crippen MR) is 49.6 cm³/mol. The molecule has 0 saturated heterocycles. The van der Waals surface area contributed by atoms with Crippen LogP contribution in [0.15, 0.2) is 24.5 Å². The molecule has 1 aromatic heterocycles. The number of hydrogen-bond acceptors (Lipinski definition) is 4. The summed E-state index contributed by atoms with van der Waals surface area (Å²) in [7, 11) is 0. The van der Waals surface area contributed by atoms with E-state index in [2.05, 4.69) is 15.2 Å². The Hall–Kier alpha value is -2.11. The van der Waals surface area contributed by atoms with Crippen LogP contribution < -0.4 is 5.73 Å². The highest BCUT2D eigenvalue weighted by molar-refractivity contribution is 5.68. The molecule has 0 saturated carbocycles. The molecule has 0 spiro atoms. The fourth-order valence-corrected chi connectivity index (χ4v) is 1.13. The number of hydrogen-bond donors (Lipinski definition) is 1. The number of halogens is 2. The first-order valence-electron chi connectivity index (χ1n) is 4.07. The zero-order chi connectivity index (χ0) is 10.8. The molecule has 0 radical (unpaired) electrons. The van der Waals surface area contributed by atoms with Crippen molar-refractivity contribution >= 4 is 5.82 Å². The molecule has 0 bridgehead atoms. The van der Waals surface area contributed by atoms with E-state index < -0.39 is 11.6 Å². The lowest BCUT2D eigenvalue weighted by Gasteiger charge is -2.02. The zero-order valence-electron chi connectivity index (χ0n) is 7.48. The molecule has 76 valence electrons. The van der Waals surface area contributed by atoms with Crippen LogP contribution in [0.1, 0.15) is 0 Å². The van der Waals surface area contributed by atoms with Crippen LogP contribution in [0.25, 0.3) is 11.3 Å². The maximum atomic E-state index is 12.9. The molecule has 6 heteroatoms. The van der Waals surface area contributed by atoms with E-state index in [0.717, 1.165) is 12.1 Å². The van der Waals surface area contributed by atoms with Gasteiger partial charge < -0.3 is 5.73 Å². The Labute approximate surface area is 83.8 Å². The summed E-state index contributed by atoms with van der Waals surface area (Å²) in [4.78, 5) is 3.70. The normalized spacial score (nSPS) is 10.3. The van der Waals surface area contributed by atoms with E-state index >= 15 is 0 Å². The first kappa shape index (κ1) is 9.45. The van der Waals surface area contributed by atoms with E-state index in [1.807, 2.05) is 0 Å². The average Bonchev–Trinajstić information content (AvgIpc) is 2.23. The smallest absolute Gasteiger partial charge is 0.159 e. The van der Waals surface area contributed by atoms with Crippen LogP contribution in [-0.2, 0) is 0 Å². The van der Waals surface area contributed by atoms with Gasteiger partial charge in [0.2, 0.25) is 0 Å². The molecule has 0 aliphatic carbocycles. The van der Waals surface area contributed by atoms with Crippen molar-refractivity contribution in [2.75, 3.05) is 5.73 Å². The Kier molecular flexibility index (Phi) is 2.24. The summed E-state index contributed by atoms with van der Waals surface area (Å²) in [6.45, 7) is 0. The number of rotatable bonds is 1. The SMILES string of the molecule is Nc1ncnnc1-c1ccc(F)c(F)c1. The van der Waals surface area contributed by atoms with E-state index in [0.29, 0.717) is 5.56 Å². The highest BCUT2D eigenvalue weighted by Gasteiger charge is 2.09. The van der Waals surface area contributed by atoms with Gasteiger partial charge in [-0.15, -0.1) is 10.2 Å². The van der Waals surface area contributed by atoms with E-state index in [4.69, 9.17) is 5.73 Å². The van der Waals surface area contributed by atoms with Crippen molar-refractivity contribution < 1.29 is 8.78 Å². The molecular formula is C9H6F2N4. The van der Waals surface area contributed by atoms with E-state index in [9.17, 15) is 8.78 Å². The first-order chi connectivity index (χ1) is 7.18. The second kappa shape index (κ2) is 3.56. The van der Waals surface area contributed by atoms with Gasteiger partial charge in [-0.1, -0.05) is 0 Å². The minimum absolute atomic E-state index is 0.121. The lowest BCUT2D eigenvalue weighted by molar-refractivity contribution is 0.509. The molecule has 0 aliphatic heterocycles. The summed E-state index contributed by atoms with van der Waals surface area (Å²) in [5, 5.41) is 7.21. The third-order valence-electron chi connectivity index (χ3n) is 1.84. The van der Waals surface area contributed by atoms with Gasteiger partial charge >= 0.3 is 0 Å². The third kappa shape index (κ3) is 1.74. The molecule has 0 atom stereocenters. The molecule has 0 amide bonds. The van der Waals surface area contributed by atoms with Gasteiger partial charge in [0, 0.05) is 5.56 Å². The van der Waals surface area contributed by atoms with Crippen LogP contribution in [0.2, 0.25) is 0 Å². The Morgan fingerprint density at radius 3 is 2.60 bits per heavy atom. The monoisotopic (exact) mass is 208 g/mol. The van der Waals surface area contributed by atoms with E-state index in [-0.39, 0.29) is 11.5 Å². The Balaban J connectivity index is 2.55. The van der Waals surface area contributed by atoms with Crippen LogP contribution in [0.5, 0.6) is 0 Å². The largest absolute Gasteiger partial charge is 0.382 e. The van der Waals surface area contributed by atoms with Gasteiger partial charge in [-0.3, -0.25) is 0 Å². The van der Waals surface area contributed by atoms with Crippen molar-refractivity contribution in [3.05, 3.63) is 36.2 Å². The predicted octanol–water partition coefficient (Wildman–Crippen LogP) is 1.40. The van der Waals surface area contributed by atoms with Crippen LogP contribution >= 0.6 is 0 Å². The molecule has 0 aliphatic rings. The van der Waals surface area contributed by atoms with E-state index in [1.165, 1.54) is 12.4 Å². The van der Waals surface area contributed by atoms with Crippen molar-refractivity contribution in [2.24, 2.45) is 0 Å². The van der Waals surface area contributed by atoms with Gasteiger partial charge in [0.1, 0.15) is 12.0 Å². The molecule has 2 N–H and O–H groups in total. The van der Waals surface area contributed by atoms with Crippen molar-refractivity contribution in [1.82, 2.24) is 15.2 Å². The number of aromatic nitrogens is 3. The zero-order valence-corrected chi connectivity index (χ0v) is 7.48. The number of nitrogens with two attached hydrogens (primary N) is 1. The fraction of sp³-hybridized carbons (Fsp3) is 0. The number of anilines is 1. The third-order valence-corrected chi connectivity index (χ3v) is 1.84. The Bertz CT molecular complexity index is 501. The second-order valence-electron chi connectivity index (χ2n) is 2.82. The number of benzene rings is 1. The number of nitrogens with zero attached hydrogens (tertiary/aromatic N) is 3. The second-order valence-corrected chi connectivity index (χ2v) is 2.82. The lowest BCUT2D eigenvalue weighted by atomic mass is 10.1. The van der Waals surface area contributed by atoms with Gasteiger partial charge in [0.05, 0.1) is 0 Å². The van der Waals surface area contributed by atoms with Crippen LogP contribution in [-0.4, -0.2) is 15.2 Å². The maximum Gasteiger partial charge on any atom is 0.159 e. The van der Waals surface area contributed by atoms with Gasteiger partial charge in [0.25, 0.3) is 0 Å². The highest BCUT2D eigenvalue weighted by Crippen LogP contribution is 2.22. The van der Waals surface area contributed by atoms with Gasteiger partial charge in [-0.05, 0) is 18.2 Å². The van der Waals surface area contributed by atoms with Gasteiger partial charge in [-0.2, -0.15) is 0 Å². The molecule has 0 unspecified atom stereocenters. The maximum absolute atomic E-state index is 12.9. The minimum atomic E-state index is -0.961. The summed E-state index contributed by atoms with van der Waals surface area (Å²) in [5.74, 6) is -1.76. The molecule has 1 aromatic carbocycles. The molecule has 15 heavy (non-hydrogen) atoms. The van der Waals surface area contributed by atoms with E-state index in [1.54, 1.807) is 0 Å². The van der Waals surface area contributed by atoms with Crippen LogP contribution in [0, 0.1) is 11.6 Å². The topological polar surface area (TPSA) is 64.7 Å². The summed E-state index contributed by atoms with van der Waals surface area (Å²) in [6, 6.07) is 3.36. The van der Waals surface area contributed by atoms with Crippen LogP contribution in [0.3, 0.4) is 0 Å². The van der Waals surface area contributed by atoms with Crippen molar-refractivity contribution in [1.29, 1.82) is 0 Å². The summed E-state index contributed by atoms with van der Waals surface area (Å²) in [6.07, 6.45) is 1.18. The summed E-state index contributed by atoms with van der Waals surface area (Å²) in [5.41, 5.74) is 6.08. The highest BCUT2D eigenvalue weighted by atomic mass is 19.2. The van der Waals surface area contributed by atoms with Crippen molar-refractivity contribution in [3.8, 4) is 11.3 Å².